The van der Waals surface area contributed by atoms with Crippen LogP contribution in [0.25, 0.3) is 11.0 Å². The number of nitrogens with one attached hydrogen (secondary N) is 2. The molecule has 0 saturated heterocycles. The minimum absolute atomic E-state index is 0.840. The zero-order chi connectivity index (χ0) is 13.9. The number of nitrogens with zero attached hydrogens (tertiary/aromatic N) is 5. The maximum atomic E-state index is 4.28. The van der Waals surface area contributed by atoms with E-state index < -0.39 is 0 Å². The summed E-state index contributed by atoms with van der Waals surface area (Å²) in [7, 11) is 1.88. The normalized spacial score (nSPS) is 11.1. The molecule has 0 aromatic carbocycles. The Balaban J connectivity index is 1.61. The molecule has 7 nitrogen and oxygen atoms in total. The van der Waals surface area contributed by atoms with Crippen LogP contribution in [0.4, 0.5) is 5.82 Å². The lowest BCUT2D eigenvalue weighted by atomic mass is 10.1. The van der Waals surface area contributed by atoms with Crippen molar-refractivity contribution in [3.8, 4) is 0 Å². The number of hydrogen-bond acceptors (Lipinski definition) is 5. The number of hydrogen-bond donors (Lipinski definition) is 2. The molecule has 104 valence electrons. The Morgan fingerprint density at radius 2 is 2.20 bits per heavy atom. The van der Waals surface area contributed by atoms with Crippen molar-refractivity contribution in [3.63, 3.8) is 0 Å². The molecule has 0 unspecified atom stereocenters. The molecular weight excluding hydrogens is 254 g/mol. The van der Waals surface area contributed by atoms with Crippen LogP contribution in [-0.2, 0) is 13.5 Å². The molecular formula is C13H17N7. The third kappa shape index (κ3) is 2.34. The van der Waals surface area contributed by atoms with E-state index >= 15 is 0 Å². The van der Waals surface area contributed by atoms with E-state index in [1.54, 1.807) is 17.2 Å². The van der Waals surface area contributed by atoms with E-state index in [9.17, 15) is 0 Å². The third-order valence-corrected chi connectivity index (χ3v) is 3.38. The van der Waals surface area contributed by atoms with E-state index in [4.69, 9.17) is 0 Å². The Hall–Kier alpha value is -2.44. The monoisotopic (exact) mass is 271 g/mol. The SMILES string of the molecule is Cc1[nH]ncc1CCCNc1ncnc2c1cnn2C. The zero-order valence-electron chi connectivity index (χ0n) is 11.6. The molecule has 0 aliphatic heterocycles. The molecule has 3 aromatic heterocycles. The molecule has 2 N–H and O–H groups in total. The summed E-state index contributed by atoms with van der Waals surface area (Å²) in [6.07, 6.45) is 7.26. The molecule has 0 fully saturated rings. The average molecular weight is 271 g/mol. The van der Waals surface area contributed by atoms with Crippen LogP contribution in [0.15, 0.2) is 18.7 Å². The van der Waals surface area contributed by atoms with Gasteiger partial charge in [0.15, 0.2) is 5.65 Å². The summed E-state index contributed by atoms with van der Waals surface area (Å²) in [6, 6.07) is 0. The summed E-state index contributed by atoms with van der Waals surface area (Å²) in [5.74, 6) is 0.840. The number of aromatic amines is 1. The molecule has 7 heteroatoms. The largest absolute Gasteiger partial charge is 0.369 e. The molecule has 3 rings (SSSR count). The van der Waals surface area contributed by atoms with Crippen molar-refractivity contribution in [1.82, 2.24) is 29.9 Å². The molecule has 3 aromatic rings. The van der Waals surface area contributed by atoms with Crippen molar-refractivity contribution in [3.05, 3.63) is 30.0 Å². The van der Waals surface area contributed by atoms with Gasteiger partial charge in [-0.2, -0.15) is 10.2 Å². The van der Waals surface area contributed by atoms with Crippen LogP contribution in [-0.4, -0.2) is 36.5 Å². The third-order valence-electron chi connectivity index (χ3n) is 3.38. The van der Waals surface area contributed by atoms with Crippen molar-refractivity contribution >= 4 is 16.9 Å². The van der Waals surface area contributed by atoms with Gasteiger partial charge in [-0.15, -0.1) is 0 Å². The highest BCUT2D eigenvalue weighted by molar-refractivity contribution is 5.85. The van der Waals surface area contributed by atoms with Crippen LogP contribution >= 0.6 is 0 Å². The summed E-state index contributed by atoms with van der Waals surface area (Å²) < 4.78 is 1.75. The van der Waals surface area contributed by atoms with Gasteiger partial charge in [-0.3, -0.25) is 9.78 Å². The second-order valence-corrected chi connectivity index (χ2v) is 4.78. The summed E-state index contributed by atoms with van der Waals surface area (Å²) in [5.41, 5.74) is 3.25. The molecule has 0 aliphatic carbocycles. The van der Waals surface area contributed by atoms with E-state index in [-0.39, 0.29) is 0 Å². The van der Waals surface area contributed by atoms with Gasteiger partial charge in [0.05, 0.1) is 17.8 Å². The predicted molar refractivity (Wildman–Crippen MR) is 76.4 cm³/mol. The first-order chi connectivity index (χ1) is 9.75. The van der Waals surface area contributed by atoms with E-state index in [1.165, 1.54) is 5.56 Å². The minimum Gasteiger partial charge on any atom is -0.369 e. The van der Waals surface area contributed by atoms with Crippen LogP contribution in [0.1, 0.15) is 17.7 Å². The summed E-state index contributed by atoms with van der Waals surface area (Å²) >= 11 is 0. The molecule has 0 aliphatic rings. The van der Waals surface area contributed by atoms with Gasteiger partial charge >= 0.3 is 0 Å². The molecule has 0 radical (unpaired) electrons. The Kier molecular flexibility index (Phi) is 3.32. The predicted octanol–water partition coefficient (Wildman–Crippen LogP) is 1.44. The molecule has 0 atom stereocenters. The quantitative estimate of drug-likeness (QED) is 0.686. The lowest BCUT2D eigenvalue weighted by Crippen LogP contribution is -2.05. The highest BCUT2D eigenvalue weighted by Crippen LogP contribution is 2.17. The molecule has 20 heavy (non-hydrogen) atoms. The first kappa shape index (κ1) is 12.6. The number of aryl methyl sites for hydroxylation is 3. The maximum Gasteiger partial charge on any atom is 0.163 e. The Morgan fingerprint density at radius 3 is 3.00 bits per heavy atom. The van der Waals surface area contributed by atoms with Crippen molar-refractivity contribution in [2.24, 2.45) is 7.05 Å². The number of H-pyrrole nitrogens is 1. The van der Waals surface area contributed by atoms with Gasteiger partial charge in [-0.1, -0.05) is 0 Å². The first-order valence-electron chi connectivity index (χ1n) is 6.61. The average Bonchev–Trinajstić information content (AvgIpc) is 3.03. The van der Waals surface area contributed by atoms with E-state index in [0.29, 0.717) is 0 Å². The second kappa shape index (κ2) is 5.28. The van der Waals surface area contributed by atoms with Crippen molar-refractivity contribution < 1.29 is 0 Å². The van der Waals surface area contributed by atoms with E-state index in [1.807, 2.05) is 20.2 Å². The van der Waals surface area contributed by atoms with Crippen molar-refractivity contribution in [2.45, 2.75) is 19.8 Å². The molecule has 0 bridgehead atoms. The van der Waals surface area contributed by atoms with Crippen LogP contribution in [0.2, 0.25) is 0 Å². The molecule has 0 spiro atoms. The summed E-state index contributed by atoms with van der Waals surface area (Å²) in [4.78, 5) is 8.50. The molecule has 0 amide bonds. The van der Waals surface area contributed by atoms with Gasteiger partial charge in [0, 0.05) is 19.3 Å². The van der Waals surface area contributed by atoms with Crippen molar-refractivity contribution in [1.29, 1.82) is 0 Å². The van der Waals surface area contributed by atoms with Gasteiger partial charge in [0.2, 0.25) is 0 Å². The highest BCUT2D eigenvalue weighted by atomic mass is 15.3. The lowest BCUT2D eigenvalue weighted by Gasteiger charge is -2.06. The van der Waals surface area contributed by atoms with Gasteiger partial charge in [0.25, 0.3) is 0 Å². The van der Waals surface area contributed by atoms with Gasteiger partial charge < -0.3 is 5.32 Å². The Bertz CT molecular complexity index is 712. The fraction of sp³-hybridized carbons (Fsp3) is 0.385. The fourth-order valence-electron chi connectivity index (χ4n) is 2.22. The zero-order valence-corrected chi connectivity index (χ0v) is 11.6. The highest BCUT2D eigenvalue weighted by Gasteiger charge is 2.07. The topological polar surface area (TPSA) is 84.3 Å². The lowest BCUT2D eigenvalue weighted by molar-refractivity contribution is 0.785. The number of fused-ring (bicyclic) bond motifs is 1. The van der Waals surface area contributed by atoms with Crippen LogP contribution < -0.4 is 5.32 Å². The van der Waals surface area contributed by atoms with E-state index in [0.717, 1.165) is 41.9 Å². The summed E-state index contributed by atoms with van der Waals surface area (Å²) in [5, 5.41) is 15.5. The summed E-state index contributed by atoms with van der Waals surface area (Å²) in [6.45, 7) is 2.89. The van der Waals surface area contributed by atoms with Gasteiger partial charge in [-0.05, 0) is 25.3 Å². The standard InChI is InChI=1S/C13H17N7/c1-9-10(6-17-19-9)4-3-5-14-12-11-7-18-20(2)13(11)16-8-15-12/h6-8H,3-5H2,1-2H3,(H,17,19)(H,14,15,16). The van der Waals surface area contributed by atoms with E-state index in [2.05, 4.69) is 30.6 Å². The van der Waals surface area contributed by atoms with Crippen LogP contribution in [0.5, 0.6) is 0 Å². The fourth-order valence-corrected chi connectivity index (χ4v) is 2.22. The molecule has 3 heterocycles. The minimum atomic E-state index is 0.840. The van der Waals surface area contributed by atoms with Crippen LogP contribution in [0, 0.1) is 6.92 Å². The number of rotatable bonds is 5. The van der Waals surface area contributed by atoms with Gasteiger partial charge in [0.1, 0.15) is 12.1 Å². The van der Waals surface area contributed by atoms with Gasteiger partial charge in [-0.25, -0.2) is 9.97 Å². The second-order valence-electron chi connectivity index (χ2n) is 4.78. The number of anilines is 1. The first-order valence-corrected chi connectivity index (χ1v) is 6.61. The van der Waals surface area contributed by atoms with Crippen LogP contribution in [0.3, 0.4) is 0 Å². The smallest absolute Gasteiger partial charge is 0.163 e. The maximum absolute atomic E-state index is 4.28. The Labute approximate surface area is 116 Å². The van der Waals surface area contributed by atoms with Crippen molar-refractivity contribution in [2.75, 3.05) is 11.9 Å². The Morgan fingerprint density at radius 1 is 1.30 bits per heavy atom. The number of aromatic nitrogens is 6. The molecule has 0 saturated carbocycles.